The van der Waals surface area contributed by atoms with Crippen LogP contribution in [0.25, 0.3) is 0 Å². The number of sulfonamides is 1. The van der Waals surface area contributed by atoms with Gasteiger partial charge in [0.15, 0.2) is 0 Å². The van der Waals surface area contributed by atoms with Gasteiger partial charge in [0.2, 0.25) is 21.8 Å². The Morgan fingerprint density at radius 2 is 1.47 bits per heavy atom. The summed E-state index contributed by atoms with van der Waals surface area (Å²) in [4.78, 5) is 29.9. The molecule has 0 radical (unpaired) electrons. The lowest BCUT2D eigenvalue weighted by Gasteiger charge is -2.35. The molecule has 0 spiro atoms. The maximum Gasteiger partial charge on any atom is 0.244 e. The highest BCUT2D eigenvalue weighted by atomic mass is 35.5. The second kappa shape index (κ2) is 14.6. The first-order chi connectivity index (χ1) is 20.5. The van der Waals surface area contributed by atoms with Gasteiger partial charge >= 0.3 is 0 Å². The minimum Gasteiger partial charge on any atom is -0.352 e. The Bertz CT molecular complexity index is 1500. The summed E-state index contributed by atoms with van der Waals surface area (Å²) in [5.74, 6) is -0.825. The fourth-order valence-electron chi connectivity index (χ4n) is 5.73. The van der Waals surface area contributed by atoms with Crippen LogP contribution in [-0.2, 0) is 32.6 Å². The fourth-order valence-corrected chi connectivity index (χ4v) is 7.21. The third kappa shape index (κ3) is 8.52. The molecule has 1 atom stereocenters. The minimum atomic E-state index is -3.88. The molecular weight excluding hydrogens is 605 g/mol. The maximum atomic E-state index is 14.4. The molecule has 2 amide bonds. The van der Waals surface area contributed by atoms with E-state index in [9.17, 15) is 18.0 Å². The molecule has 1 saturated carbocycles. The first-order valence-electron chi connectivity index (χ1n) is 14.6. The summed E-state index contributed by atoms with van der Waals surface area (Å²) in [6, 6.07) is 19.1. The van der Waals surface area contributed by atoms with Gasteiger partial charge < -0.3 is 10.2 Å². The Balaban J connectivity index is 1.79. The number of aryl methyl sites for hydroxylation is 2. The number of amides is 2. The van der Waals surface area contributed by atoms with E-state index in [0.717, 1.165) is 59.4 Å². The van der Waals surface area contributed by atoms with Gasteiger partial charge in [0.05, 0.1) is 11.9 Å². The molecule has 1 N–H and O–H groups in total. The van der Waals surface area contributed by atoms with E-state index in [4.69, 9.17) is 23.2 Å². The Morgan fingerprint density at radius 1 is 0.884 bits per heavy atom. The van der Waals surface area contributed by atoms with Crippen molar-refractivity contribution in [3.63, 3.8) is 0 Å². The number of anilines is 1. The van der Waals surface area contributed by atoms with Crippen LogP contribution in [0.2, 0.25) is 10.0 Å². The number of benzene rings is 3. The van der Waals surface area contributed by atoms with Gasteiger partial charge in [-0.2, -0.15) is 0 Å². The molecule has 1 fully saturated rings. The largest absolute Gasteiger partial charge is 0.352 e. The number of hydrogen-bond acceptors (Lipinski definition) is 4. The Hall–Kier alpha value is -3.07. The van der Waals surface area contributed by atoms with Crippen LogP contribution in [-0.4, -0.2) is 50.0 Å². The van der Waals surface area contributed by atoms with E-state index < -0.39 is 28.5 Å². The molecule has 1 aliphatic rings. The van der Waals surface area contributed by atoms with Gasteiger partial charge in [0.1, 0.15) is 12.6 Å². The van der Waals surface area contributed by atoms with Gasteiger partial charge in [-0.15, -0.1) is 0 Å². The number of nitrogens with zero attached hydrogens (tertiary/aromatic N) is 2. The second-order valence-electron chi connectivity index (χ2n) is 11.3. The molecule has 0 aliphatic heterocycles. The van der Waals surface area contributed by atoms with E-state index in [1.54, 1.807) is 18.2 Å². The summed E-state index contributed by atoms with van der Waals surface area (Å²) in [6.45, 7) is 3.05. The molecule has 3 aromatic carbocycles. The van der Waals surface area contributed by atoms with Crippen LogP contribution in [0.3, 0.4) is 0 Å². The lowest BCUT2D eigenvalue weighted by molar-refractivity contribution is -0.140. The SMILES string of the molecule is Cc1cccc(C)c1N(CC(=O)N(Cc1c(Cl)cccc1Cl)[C@H](Cc1ccccc1)C(=O)NC1CCCCC1)S(C)(=O)=O. The van der Waals surface area contributed by atoms with Crippen molar-refractivity contribution in [3.8, 4) is 0 Å². The minimum absolute atomic E-state index is 0.0162. The van der Waals surface area contributed by atoms with Crippen LogP contribution >= 0.6 is 23.2 Å². The smallest absolute Gasteiger partial charge is 0.244 e. The van der Waals surface area contributed by atoms with Crippen molar-refractivity contribution in [2.24, 2.45) is 0 Å². The zero-order valence-electron chi connectivity index (χ0n) is 24.9. The summed E-state index contributed by atoms with van der Waals surface area (Å²) in [6.07, 6.45) is 6.27. The molecular formula is C33H39Cl2N3O4S. The zero-order valence-corrected chi connectivity index (χ0v) is 27.2. The van der Waals surface area contributed by atoms with Crippen molar-refractivity contribution in [1.29, 1.82) is 0 Å². The van der Waals surface area contributed by atoms with Gasteiger partial charge in [0.25, 0.3) is 0 Å². The van der Waals surface area contributed by atoms with Crippen LogP contribution in [0, 0.1) is 13.8 Å². The lowest BCUT2D eigenvalue weighted by Crippen LogP contribution is -2.55. The summed E-state index contributed by atoms with van der Waals surface area (Å²) < 4.78 is 27.4. The number of hydrogen-bond donors (Lipinski definition) is 1. The summed E-state index contributed by atoms with van der Waals surface area (Å²) >= 11 is 13.1. The number of nitrogens with one attached hydrogen (secondary N) is 1. The molecule has 10 heteroatoms. The average Bonchev–Trinajstić information content (AvgIpc) is 2.96. The molecule has 0 unspecified atom stereocenters. The van der Waals surface area contributed by atoms with Gasteiger partial charge in [0, 0.05) is 34.6 Å². The van der Waals surface area contributed by atoms with Gasteiger partial charge in [-0.05, 0) is 55.5 Å². The molecule has 7 nitrogen and oxygen atoms in total. The van der Waals surface area contributed by atoms with Crippen molar-refractivity contribution < 1.29 is 18.0 Å². The summed E-state index contributed by atoms with van der Waals surface area (Å²) in [7, 11) is -3.88. The normalized spacial score (nSPS) is 14.6. The highest BCUT2D eigenvalue weighted by molar-refractivity contribution is 7.92. The highest BCUT2D eigenvalue weighted by Crippen LogP contribution is 2.30. The number of carbonyl (C=O) groups is 2. The fraction of sp³-hybridized carbons (Fsp3) is 0.394. The number of halogens is 2. The van der Waals surface area contributed by atoms with E-state index in [1.165, 1.54) is 4.90 Å². The third-order valence-electron chi connectivity index (χ3n) is 7.98. The van der Waals surface area contributed by atoms with Crippen molar-refractivity contribution in [2.75, 3.05) is 17.1 Å². The van der Waals surface area contributed by atoms with Crippen LogP contribution in [0.1, 0.15) is 54.4 Å². The Labute approximate surface area is 265 Å². The quantitative estimate of drug-likeness (QED) is 0.260. The van der Waals surface area contributed by atoms with Crippen molar-refractivity contribution in [1.82, 2.24) is 10.2 Å². The predicted octanol–water partition coefficient (Wildman–Crippen LogP) is 6.47. The second-order valence-corrected chi connectivity index (χ2v) is 14.0. The highest BCUT2D eigenvalue weighted by Gasteiger charge is 2.35. The number of rotatable bonds is 11. The van der Waals surface area contributed by atoms with Gasteiger partial charge in [-0.1, -0.05) is 97.1 Å². The number of carbonyl (C=O) groups excluding carboxylic acids is 2. The molecule has 0 aromatic heterocycles. The first kappa shape index (κ1) is 32.8. The lowest BCUT2D eigenvalue weighted by atomic mass is 9.94. The maximum absolute atomic E-state index is 14.4. The topological polar surface area (TPSA) is 86.8 Å². The van der Waals surface area contributed by atoms with Gasteiger partial charge in [-0.3, -0.25) is 13.9 Å². The Kier molecular flexibility index (Phi) is 11.2. The molecule has 43 heavy (non-hydrogen) atoms. The van der Waals surface area contributed by atoms with Gasteiger partial charge in [-0.25, -0.2) is 8.42 Å². The zero-order chi connectivity index (χ0) is 31.1. The van der Waals surface area contributed by atoms with E-state index >= 15 is 0 Å². The average molecular weight is 645 g/mol. The van der Waals surface area contributed by atoms with E-state index in [0.29, 0.717) is 21.3 Å². The van der Waals surface area contributed by atoms with Crippen LogP contribution in [0.5, 0.6) is 0 Å². The van der Waals surface area contributed by atoms with E-state index in [1.807, 2.05) is 62.4 Å². The van der Waals surface area contributed by atoms with Crippen molar-refractivity contribution >= 4 is 50.7 Å². The van der Waals surface area contributed by atoms with Crippen LogP contribution < -0.4 is 9.62 Å². The molecule has 0 bridgehead atoms. The molecule has 0 saturated heterocycles. The summed E-state index contributed by atoms with van der Waals surface area (Å²) in [5.41, 5.74) is 3.23. The molecule has 0 heterocycles. The van der Waals surface area contributed by atoms with E-state index in [-0.39, 0.29) is 24.9 Å². The van der Waals surface area contributed by atoms with Crippen LogP contribution in [0.4, 0.5) is 5.69 Å². The summed E-state index contributed by atoms with van der Waals surface area (Å²) in [5, 5.41) is 3.90. The standard InChI is InChI=1S/C33H39Cl2N3O4S/c1-23-12-10-13-24(2)32(23)38(43(3,41)42)22-31(39)37(21-27-28(34)18-11-19-29(27)35)30(20-25-14-6-4-7-15-25)33(40)36-26-16-8-5-9-17-26/h4,6-7,10-15,18-19,26,30H,5,8-9,16-17,20-22H2,1-3H3,(H,36,40)/t30-/m1/s1. The predicted molar refractivity (Wildman–Crippen MR) is 174 cm³/mol. The van der Waals surface area contributed by atoms with Crippen molar-refractivity contribution in [2.45, 2.75) is 71.0 Å². The molecule has 230 valence electrons. The Morgan fingerprint density at radius 3 is 2.05 bits per heavy atom. The number of para-hydroxylation sites is 1. The molecule has 1 aliphatic carbocycles. The van der Waals surface area contributed by atoms with Crippen LogP contribution in [0.15, 0.2) is 66.7 Å². The van der Waals surface area contributed by atoms with Crippen molar-refractivity contribution in [3.05, 3.63) is 99.0 Å². The molecule has 3 aromatic rings. The third-order valence-corrected chi connectivity index (χ3v) is 9.80. The molecule has 4 rings (SSSR count). The monoisotopic (exact) mass is 643 g/mol. The first-order valence-corrected chi connectivity index (χ1v) is 17.2. The van der Waals surface area contributed by atoms with E-state index in [2.05, 4.69) is 5.32 Å².